The van der Waals surface area contributed by atoms with Gasteiger partial charge in [-0.2, -0.15) is 0 Å². The maximum atomic E-state index is 12.9. The first-order chi connectivity index (χ1) is 14.5. The van der Waals surface area contributed by atoms with Crippen molar-refractivity contribution in [3.8, 4) is 0 Å². The van der Waals surface area contributed by atoms with E-state index >= 15 is 0 Å². The summed E-state index contributed by atoms with van der Waals surface area (Å²) in [7, 11) is 0. The summed E-state index contributed by atoms with van der Waals surface area (Å²) in [5.74, 6) is -1.31. The van der Waals surface area contributed by atoms with E-state index in [2.05, 4.69) is 0 Å². The van der Waals surface area contributed by atoms with Gasteiger partial charge in [-0.3, -0.25) is 9.59 Å². The molecular weight excluding hydrogens is 378 g/mol. The van der Waals surface area contributed by atoms with E-state index in [1.807, 2.05) is 56.3 Å². The van der Waals surface area contributed by atoms with Gasteiger partial charge in [0.1, 0.15) is 0 Å². The molecule has 152 valence electrons. The highest BCUT2D eigenvalue weighted by Crippen LogP contribution is 2.17. The SMILES string of the molecule is CCN(C(=O)COC(=O)c1ccccc1C(=O)c1ccc(C)cc1)c1ccccc1. The number of aryl methyl sites for hydroxylation is 1. The highest BCUT2D eigenvalue weighted by molar-refractivity contribution is 6.14. The zero-order valence-electron chi connectivity index (χ0n) is 17.0. The topological polar surface area (TPSA) is 63.7 Å². The van der Waals surface area contributed by atoms with E-state index in [9.17, 15) is 14.4 Å². The summed E-state index contributed by atoms with van der Waals surface area (Å²) >= 11 is 0. The Morgan fingerprint density at radius 2 is 1.40 bits per heavy atom. The standard InChI is InChI=1S/C25H23NO4/c1-3-26(20-9-5-4-6-10-20)23(27)17-30-25(29)22-12-8-7-11-21(22)24(28)19-15-13-18(2)14-16-19/h4-16H,3,17H2,1-2H3. The molecule has 0 unspecified atom stereocenters. The summed E-state index contributed by atoms with van der Waals surface area (Å²) in [6.45, 7) is 3.82. The van der Waals surface area contributed by atoms with Crippen LogP contribution in [0.4, 0.5) is 5.69 Å². The van der Waals surface area contributed by atoms with Gasteiger partial charge in [-0.1, -0.05) is 66.2 Å². The van der Waals surface area contributed by atoms with Crippen molar-refractivity contribution in [2.24, 2.45) is 0 Å². The van der Waals surface area contributed by atoms with E-state index in [-0.39, 0.29) is 22.8 Å². The van der Waals surface area contributed by atoms with Crippen LogP contribution in [0.15, 0.2) is 78.9 Å². The lowest BCUT2D eigenvalue weighted by Gasteiger charge is -2.20. The van der Waals surface area contributed by atoms with Gasteiger partial charge in [0.15, 0.2) is 12.4 Å². The van der Waals surface area contributed by atoms with Crippen LogP contribution >= 0.6 is 0 Å². The Morgan fingerprint density at radius 3 is 2.03 bits per heavy atom. The highest BCUT2D eigenvalue weighted by atomic mass is 16.5. The van der Waals surface area contributed by atoms with Gasteiger partial charge in [0.2, 0.25) is 0 Å². The molecule has 3 rings (SSSR count). The number of amides is 1. The fourth-order valence-corrected chi connectivity index (χ4v) is 3.11. The summed E-state index contributed by atoms with van der Waals surface area (Å²) in [5, 5.41) is 0. The van der Waals surface area contributed by atoms with Crippen LogP contribution in [0.1, 0.15) is 38.8 Å². The minimum Gasteiger partial charge on any atom is -0.452 e. The Bertz CT molecular complexity index is 1040. The maximum Gasteiger partial charge on any atom is 0.339 e. The molecule has 0 atom stereocenters. The molecule has 0 radical (unpaired) electrons. The number of benzene rings is 3. The van der Waals surface area contributed by atoms with Gasteiger partial charge in [-0.15, -0.1) is 0 Å². The molecule has 5 nitrogen and oxygen atoms in total. The van der Waals surface area contributed by atoms with Crippen LogP contribution in [0.2, 0.25) is 0 Å². The lowest BCUT2D eigenvalue weighted by atomic mass is 9.98. The van der Waals surface area contributed by atoms with Crippen LogP contribution in [0.3, 0.4) is 0 Å². The van der Waals surface area contributed by atoms with Crippen LogP contribution in [0, 0.1) is 6.92 Å². The number of anilines is 1. The summed E-state index contributed by atoms with van der Waals surface area (Å²) in [4.78, 5) is 39.6. The first kappa shape index (κ1) is 21.0. The first-order valence-electron chi connectivity index (χ1n) is 9.74. The Kier molecular flexibility index (Phi) is 6.75. The second-order valence-corrected chi connectivity index (χ2v) is 6.79. The fourth-order valence-electron chi connectivity index (χ4n) is 3.11. The fraction of sp³-hybridized carbons (Fsp3) is 0.160. The third kappa shape index (κ3) is 4.81. The number of likely N-dealkylation sites (N-methyl/N-ethyl adjacent to an activating group) is 1. The van der Waals surface area contributed by atoms with Gasteiger partial charge in [0.25, 0.3) is 5.91 Å². The van der Waals surface area contributed by atoms with Crippen molar-refractivity contribution in [3.63, 3.8) is 0 Å². The molecule has 0 spiro atoms. The van der Waals surface area contributed by atoms with E-state index in [4.69, 9.17) is 4.74 Å². The predicted molar refractivity (Wildman–Crippen MR) is 116 cm³/mol. The molecule has 0 fully saturated rings. The predicted octanol–water partition coefficient (Wildman–Crippen LogP) is 4.44. The maximum absolute atomic E-state index is 12.9. The van der Waals surface area contributed by atoms with Gasteiger partial charge in [0, 0.05) is 23.4 Å². The molecule has 0 saturated heterocycles. The Morgan fingerprint density at radius 1 is 0.800 bits per heavy atom. The second kappa shape index (κ2) is 9.65. The zero-order valence-corrected chi connectivity index (χ0v) is 17.0. The van der Waals surface area contributed by atoms with Crippen molar-refractivity contribution < 1.29 is 19.1 Å². The summed E-state index contributed by atoms with van der Waals surface area (Å²) < 4.78 is 5.26. The Labute approximate surface area is 175 Å². The van der Waals surface area contributed by atoms with E-state index < -0.39 is 12.6 Å². The summed E-state index contributed by atoms with van der Waals surface area (Å²) in [5.41, 5.74) is 2.64. The minimum absolute atomic E-state index is 0.138. The number of para-hydroxylation sites is 1. The van der Waals surface area contributed by atoms with E-state index in [0.717, 1.165) is 11.3 Å². The van der Waals surface area contributed by atoms with Crippen molar-refractivity contribution in [3.05, 3.63) is 101 Å². The van der Waals surface area contributed by atoms with Crippen LogP contribution < -0.4 is 4.90 Å². The number of rotatable bonds is 7. The first-order valence-corrected chi connectivity index (χ1v) is 9.74. The number of hydrogen-bond acceptors (Lipinski definition) is 4. The van der Waals surface area contributed by atoms with Crippen LogP contribution in [0.5, 0.6) is 0 Å². The number of carbonyl (C=O) groups excluding carboxylic acids is 3. The third-order valence-corrected chi connectivity index (χ3v) is 4.72. The van der Waals surface area contributed by atoms with Gasteiger partial charge >= 0.3 is 5.97 Å². The van der Waals surface area contributed by atoms with Crippen molar-refractivity contribution in [2.45, 2.75) is 13.8 Å². The molecule has 3 aromatic carbocycles. The molecule has 0 aliphatic carbocycles. The Hall–Kier alpha value is -3.73. The van der Waals surface area contributed by atoms with Gasteiger partial charge in [-0.05, 0) is 32.0 Å². The van der Waals surface area contributed by atoms with Crippen LogP contribution in [-0.4, -0.2) is 30.8 Å². The molecule has 0 bridgehead atoms. The Balaban J connectivity index is 1.74. The number of esters is 1. The molecule has 0 heterocycles. The van der Waals surface area contributed by atoms with Crippen molar-refractivity contribution in [2.75, 3.05) is 18.1 Å². The van der Waals surface area contributed by atoms with E-state index in [0.29, 0.717) is 12.1 Å². The summed E-state index contributed by atoms with van der Waals surface area (Å²) in [6, 6.07) is 22.8. The number of ketones is 1. The lowest BCUT2D eigenvalue weighted by molar-refractivity contribution is -0.121. The lowest BCUT2D eigenvalue weighted by Crippen LogP contribution is -2.34. The largest absolute Gasteiger partial charge is 0.452 e. The molecule has 0 aliphatic heterocycles. The van der Waals surface area contributed by atoms with Crippen molar-refractivity contribution >= 4 is 23.3 Å². The quantitative estimate of drug-likeness (QED) is 0.434. The summed E-state index contributed by atoms with van der Waals surface area (Å²) in [6.07, 6.45) is 0. The molecular formula is C25H23NO4. The average Bonchev–Trinajstić information content (AvgIpc) is 2.78. The minimum atomic E-state index is -0.705. The molecule has 0 aromatic heterocycles. The monoisotopic (exact) mass is 401 g/mol. The normalized spacial score (nSPS) is 10.3. The highest BCUT2D eigenvalue weighted by Gasteiger charge is 2.21. The number of carbonyl (C=O) groups is 3. The second-order valence-electron chi connectivity index (χ2n) is 6.79. The van der Waals surface area contributed by atoms with E-state index in [1.54, 1.807) is 30.3 Å². The van der Waals surface area contributed by atoms with Crippen molar-refractivity contribution in [1.82, 2.24) is 0 Å². The number of nitrogens with zero attached hydrogens (tertiary/aromatic N) is 1. The zero-order chi connectivity index (χ0) is 21.5. The molecule has 3 aromatic rings. The molecule has 0 N–H and O–H groups in total. The van der Waals surface area contributed by atoms with Crippen LogP contribution in [-0.2, 0) is 9.53 Å². The van der Waals surface area contributed by atoms with Crippen LogP contribution in [0.25, 0.3) is 0 Å². The molecule has 30 heavy (non-hydrogen) atoms. The molecule has 0 saturated carbocycles. The number of ether oxygens (including phenoxy) is 1. The number of hydrogen-bond donors (Lipinski definition) is 0. The molecule has 5 heteroatoms. The van der Waals surface area contributed by atoms with Gasteiger partial charge < -0.3 is 9.64 Å². The third-order valence-electron chi connectivity index (χ3n) is 4.72. The molecule has 0 aliphatic rings. The molecule has 1 amide bonds. The van der Waals surface area contributed by atoms with Gasteiger partial charge in [0.05, 0.1) is 5.56 Å². The van der Waals surface area contributed by atoms with Gasteiger partial charge in [-0.25, -0.2) is 4.79 Å². The average molecular weight is 401 g/mol. The van der Waals surface area contributed by atoms with E-state index in [1.165, 1.54) is 11.0 Å². The van der Waals surface area contributed by atoms with Crippen molar-refractivity contribution in [1.29, 1.82) is 0 Å². The smallest absolute Gasteiger partial charge is 0.339 e.